The molecule has 0 spiro atoms. The van der Waals surface area contributed by atoms with Gasteiger partial charge in [-0.3, -0.25) is 4.55 Å². The maximum Gasteiger partial charge on any atom is 0.296 e. The van der Waals surface area contributed by atoms with Crippen molar-refractivity contribution in [3.8, 4) is 0 Å². The van der Waals surface area contributed by atoms with Crippen molar-refractivity contribution >= 4 is 25.8 Å². The van der Waals surface area contributed by atoms with E-state index < -0.39 is 25.0 Å². The van der Waals surface area contributed by atoms with Crippen molar-refractivity contribution in [2.75, 3.05) is 4.41 Å². The van der Waals surface area contributed by atoms with Crippen LogP contribution >= 0.6 is 0 Å². The Balaban J connectivity index is 2.57. The molecule has 0 atom stereocenters. The summed E-state index contributed by atoms with van der Waals surface area (Å²) in [6.45, 7) is 1.80. The summed E-state index contributed by atoms with van der Waals surface area (Å²) in [7, 11) is -8.77. The van der Waals surface area contributed by atoms with E-state index in [0.29, 0.717) is 4.41 Å². The van der Waals surface area contributed by atoms with Crippen LogP contribution in [0.2, 0.25) is 0 Å². The Labute approximate surface area is 128 Å². The average molecular weight is 342 g/mol. The number of hydrazine groups is 1. The fourth-order valence-corrected chi connectivity index (χ4v) is 3.67. The van der Waals surface area contributed by atoms with Crippen LogP contribution in [0.15, 0.2) is 58.3 Å². The highest BCUT2D eigenvalue weighted by molar-refractivity contribution is 7.93. The molecule has 0 unspecified atom stereocenters. The SMILES string of the molecule is Cc1ccc(S(=O)(=O)N(N)c2ccccc2S(=O)(=O)O)cc1. The van der Waals surface area contributed by atoms with Crippen molar-refractivity contribution in [1.82, 2.24) is 0 Å². The number of nitrogens with two attached hydrogens (primary N) is 1. The van der Waals surface area contributed by atoms with E-state index in [1.54, 1.807) is 19.1 Å². The second kappa shape index (κ2) is 5.69. The summed E-state index contributed by atoms with van der Waals surface area (Å²) in [6, 6.07) is 10.9. The minimum absolute atomic E-state index is 0.0919. The Morgan fingerprint density at radius 3 is 2.05 bits per heavy atom. The third-order valence-electron chi connectivity index (χ3n) is 2.96. The molecule has 2 aromatic rings. The van der Waals surface area contributed by atoms with Crippen LogP contribution in [0.5, 0.6) is 0 Å². The first-order valence-corrected chi connectivity index (χ1v) is 8.95. The van der Waals surface area contributed by atoms with Gasteiger partial charge in [0.15, 0.2) is 0 Å². The summed E-state index contributed by atoms with van der Waals surface area (Å²) < 4.78 is 57.1. The van der Waals surface area contributed by atoms with E-state index in [1.165, 1.54) is 30.3 Å². The monoisotopic (exact) mass is 342 g/mol. The highest BCUT2D eigenvalue weighted by atomic mass is 32.2. The zero-order valence-corrected chi connectivity index (χ0v) is 13.2. The molecule has 0 heterocycles. The maximum atomic E-state index is 12.4. The molecule has 0 radical (unpaired) electrons. The van der Waals surface area contributed by atoms with E-state index in [-0.39, 0.29) is 10.6 Å². The van der Waals surface area contributed by atoms with E-state index in [1.807, 2.05) is 0 Å². The lowest BCUT2D eigenvalue weighted by atomic mass is 10.2. The molecule has 0 saturated heterocycles. The van der Waals surface area contributed by atoms with E-state index in [9.17, 15) is 21.4 Å². The minimum atomic E-state index is -4.61. The summed E-state index contributed by atoms with van der Waals surface area (Å²) >= 11 is 0. The number of rotatable bonds is 4. The molecule has 0 fully saturated rings. The van der Waals surface area contributed by atoms with Crippen molar-refractivity contribution in [2.45, 2.75) is 16.7 Å². The predicted molar refractivity (Wildman–Crippen MR) is 81.3 cm³/mol. The normalized spacial score (nSPS) is 12.1. The van der Waals surface area contributed by atoms with Gasteiger partial charge in [-0.15, -0.1) is 0 Å². The fourth-order valence-electron chi connectivity index (χ4n) is 1.81. The van der Waals surface area contributed by atoms with Crippen molar-refractivity contribution < 1.29 is 21.4 Å². The summed E-state index contributed by atoms with van der Waals surface area (Å²) in [6.07, 6.45) is 0. The Bertz CT molecular complexity index is 890. The van der Waals surface area contributed by atoms with Gasteiger partial charge < -0.3 is 0 Å². The first-order valence-electron chi connectivity index (χ1n) is 6.07. The Kier molecular flexibility index (Phi) is 4.25. The topological polar surface area (TPSA) is 118 Å². The second-order valence-corrected chi connectivity index (χ2v) is 7.76. The molecule has 0 saturated carbocycles. The standard InChI is InChI=1S/C13H14N2O5S2/c1-10-6-8-11(9-7-10)21(16,17)15(14)12-4-2-3-5-13(12)22(18,19)20/h2-9H,14H2,1H3,(H,18,19,20). The smallest absolute Gasteiger partial charge is 0.282 e. The minimum Gasteiger partial charge on any atom is -0.282 e. The van der Waals surface area contributed by atoms with Gasteiger partial charge in [0.25, 0.3) is 20.1 Å². The summed E-state index contributed by atoms with van der Waals surface area (Å²) in [5.41, 5.74) is 0.520. The van der Waals surface area contributed by atoms with Gasteiger partial charge in [0.05, 0.1) is 10.6 Å². The quantitative estimate of drug-likeness (QED) is 0.491. The van der Waals surface area contributed by atoms with Crippen LogP contribution in [-0.4, -0.2) is 21.4 Å². The van der Waals surface area contributed by atoms with Crippen LogP contribution in [-0.2, 0) is 20.1 Å². The van der Waals surface area contributed by atoms with Gasteiger partial charge in [-0.05, 0) is 31.2 Å². The third kappa shape index (κ3) is 3.12. The van der Waals surface area contributed by atoms with Gasteiger partial charge >= 0.3 is 0 Å². The molecule has 0 aliphatic carbocycles. The fraction of sp³-hybridized carbons (Fsp3) is 0.0769. The van der Waals surface area contributed by atoms with Crippen LogP contribution in [0, 0.1) is 6.92 Å². The van der Waals surface area contributed by atoms with Crippen LogP contribution < -0.4 is 10.3 Å². The van der Waals surface area contributed by atoms with Gasteiger partial charge in [-0.25, -0.2) is 5.84 Å². The molecular weight excluding hydrogens is 328 g/mol. The zero-order valence-electron chi connectivity index (χ0n) is 11.5. The van der Waals surface area contributed by atoms with E-state index in [4.69, 9.17) is 5.84 Å². The van der Waals surface area contributed by atoms with E-state index >= 15 is 0 Å². The molecule has 0 aromatic heterocycles. The molecule has 0 aliphatic rings. The maximum absolute atomic E-state index is 12.4. The Hall–Kier alpha value is -1.94. The average Bonchev–Trinajstić information content (AvgIpc) is 2.46. The molecule has 9 heteroatoms. The van der Waals surface area contributed by atoms with E-state index in [0.717, 1.165) is 11.6 Å². The van der Waals surface area contributed by atoms with Crippen LogP contribution in [0.3, 0.4) is 0 Å². The number of hydrogen-bond donors (Lipinski definition) is 2. The van der Waals surface area contributed by atoms with Gasteiger partial charge in [0.1, 0.15) is 4.90 Å². The molecular formula is C13H14N2O5S2. The number of aryl methyl sites for hydroxylation is 1. The zero-order chi connectivity index (χ0) is 16.5. The second-order valence-electron chi connectivity index (χ2n) is 4.56. The Morgan fingerprint density at radius 2 is 1.50 bits per heavy atom. The van der Waals surface area contributed by atoms with Crippen molar-refractivity contribution in [2.24, 2.45) is 5.84 Å². The third-order valence-corrected chi connectivity index (χ3v) is 5.44. The molecule has 0 aliphatic heterocycles. The molecule has 3 N–H and O–H groups in total. The molecule has 0 bridgehead atoms. The lowest BCUT2D eigenvalue weighted by molar-refractivity contribution is 0.483. The first kappa shape index (κ1) is 16.4. The molecule has 0 amide bonds. The van der Waals surface area contributed by atoms with Crippen molar-refractivity contribution in [1.29, 1.82) is 0 Å². The lowest BCUT2D eigenvalue weighted by Crippen LogP contribution is -2.38. The summed E-state index contributed by atoms with van der Waals surface area (Å²) in [5, 5.41) is 0. The highest BCUT2D eigenvalue weighted by Crippen LogP contribution is 2.27. The summed E-state index contributed by atoms with van der Waals surface area (Å²) in [4.78, 5) is -0.682. The number of nitrogens with zero attached hydrogens (tertiary/aromatic N) is 1. The molecule has 118 valence electrons. The highest BCUT2D eigenvalue weighted by Gasteiger charge is 2.27. The number of anilines is 1. The van der Waals surface area contributed by atoms with Gasteiger partial charge in [-0.1, -0.05) is 29.8 Å². The summed E-state index contributed by atoms with van der Waals surface area (Å²) in [5.74, 6) is 5.61. The largest absolute Gasteiger partial charge is 0.296 e. The Morgan fingerprint density at radius 1 is 0.955 bits per heavy atom. The van der Waals surface area contributed by atoms with E-state index in [2.05, 4.69) is 0 Å². The number of para-hydroxylation sites is 1. The lowest BCUT2D eigenvalue weighted by Gasteiger charge is -2.20. The van der Waals surface area contributed by atoms with Gasteiger partial charge in [-0.2, -0.15) is 21.2 Å². The molecule has 7 nitrogen and oxygen atoms in total. The first-order chi connectivity index (χ1) is 10.1. The molecule has 2 rings (SSSR count). The number of benzene rings is 2. The van der Waals surface area contributed by atoms with Crippen molar-refractivity contribution in [3.05, 3.63) is 54.1 Å². The van der Waals surface area contributed by atoms with Gasteiger partial charge in [0.2, 0.25) is 0 Å². The number of hydrogen-bond acceptors (Lipinski definition) is 5. The predicted octanol–water partition coefficient (Wildman–Crippen LogP) is 1.31. The van der Waals surface area contributed by atoms with Crippen LogP contribution in [0.4, 0.5) is 5.69 Å². The number of sulfonamides is 1. The molecule has 2 aromatic carbocycles. The van der Waals surface area contributed by atoms with Crippen LogP contribution in [0.25, 0.3) is 0 Å². The molecule has 22 heavy (non-hydrogen) atoms. The van der Waals surface area contributed by atoms with Crippen molar-refractivity contribution in [3.63, 3.8) is 0 Å². The van der Waals surface area contributed by atoms with Crippen LogP contribution in [0.1, 0.15) is 5.56 Å². The van der Waals surface area contributed by atoms with Gasteiger partial charge in [0, 0.05) is 0 Å².